The fraction of sp³-hybridized carbons (Fsp3) is 0.143. The van der Waals surface area contributed by atoms with E-state index in [-0.39, 0.29) is 12.2 Å². The number of aromatic nitrogens is 4. The van der Waals surface area contributed by atoms with Gasteiger partial charge in [-0.25, -0.2) is 9.50 Å². The minimum atomic E-state index is -0.973. The molecule has 0 atom stereocenters. The molecule has 106 valence electrons. The lowest BCUT2D eigenvalue weighted by atomic mass is 10.1. The minimum Gasteiger partial charge on any atom is -0.497 e. The third-order valence-corrected chi connectivity index (χ3v) is 2.95. The Morgan fingerprint density at radius 2 is 2.24 bits per heavy atom. The van der Waals surface area contributed by atoms with Crippen LogP contribution >= 0.6 is 0 Å². The monoisotopic (exact) mass is 284 g/mol. The zero-order valence-electron chi connectivity index (χ0n) is 11.2. The molecular formula is C14H12N4O3. The molecule has 0 spiro atoms. The molecule has 21 heavy (non-hydrogen) atoms. The lowest BCUT2D eigenvalue weighted by Gasteiger charge is -2.04. The van der Waals surface area contributed by atoms with Crippen LogP contribution in [0.5, 0.6) is 5.75 Å². The second-order valence-electron chi connectivity index (χ2n) is 4.42. The molecule has 0 bridgehead atoms. The van der Waals surface area contributed by atoms with Crippen molar-refractivity contribution in [1.82, 2.24) is 19.6 Å². The summed E-state index contributed by atoms with van der Waals surface area (Å²) in [5.41, 5.74) is 1.77. The van der Waals surface area contributed by atoms with Gasteiger partial charge < -0.3 is 9.84 Å². The van der Waals surface area contributed by atoms with Crippen LogP contribution in [0.15, 0.2) is 36.7 Å². The van der Waals surface area contributed by atoms with Gasteiger partial charge in [-0.05, 0) is 17.7 Å². The van der Waals surface area contributed by atoms with E-state index >= 15 is 0 Å². The topological polar surface area (TPSA) is 89.6 Å². The average molecular weight is 284 g/mol. The summed E-state index contributed by atoms with van der Waals surface area (Å²) in [6, 6.07) is 7.56. The van der Waals surface area contributed by atoms with Crippen molar-refractivity contribution in [3.05, 3.63) is 42.5 Å². The first-order chi connectivity index (χ1) is 10.2. The number of fused-ring (bicyclic) bond motifs is 1. The van der Waals surface area contributed by atoms with E-state index < -0.39 is 5.97 Å². The fourth-order valence-corrected chi connectivity index (χ4v) is 1.99. The zero-order valence-corrected chi connectivity index (χ0v) is 11.2. The molecule has 0 aliphatic heterocycles. The predicted octanol–water partition coefficient (Wildman–Crippen LogP) is 1.43. The van der Waals surface area contributed by atoms with Gasteiger partial charge in [0.25, 0.3) is 5.78 Å². The molecule has 3 rings (SSSR count). The molecule has 3 aromatic rings. The van der Waals surface area contributed by atoms with Gasteiger partial charge in [0.1, 0.15) is 12.2 Å². The molecular weight excluding hydrogens is 272 g/mol. The highest BCUT2D eigenvalue weighted by atomic mass is 16.5. The quantitative estimate of drug-likeness (QED) is 0.779. The number of nitrogens with zero attached hydrogens (tertiary/aromatic N) is 4. The summed E-state index contributed by atoms with van der Waals surface area (Å²) < 4.78 is 6.67. The molecule has 1 N–H and O–H groups in total. The van der Waals surface area contributed by atoms with E-state index in [0.29, 0.717) is 5.78 Å². The molecule has 0 unspecified atom stereocenters. The first-order valence-corrected chi connectivity index (χ1v) is 6.23. The Bertz CT molecular complexity index is 813. The summed E-state index contributed by atoms with van der Waals surface area (Å²) in [6.45, 7) is 0. The number of benzene rings is 1. The molecule has 2 aromatic heterocycles. The lowest BCUT2D eigenvalue weighted by Crippen LogP contribution is -2.01. The second-order valence-corrected chi connectivity index (χ2v) is 4.42. The molecule has 0 saturated carbocycles. The van der Waals surface area contributed by atoms with Crippen molar-refractivity contribution in [3.63, 3.8) is 0 Å². The lowest BCUT2D eigenvalue weighted by molar-refractivity contribution is -0.136. The molecule has 0 aliphatic rings. The van der Waals surface area contributed by atoms with E-state index in [2.05, 4.69) is 15.1 Å². The van der Waals surface area contributed by atoms with Crippen LogP contribution in [-0.2, 0) is 11.2 Å². The van der Waals surface area contributed by atoms with Gasteiger partial charge in [-0.3, -0.25) is 4.79 Å². The standard InChI is InChI=1S/C14H12N4O3/c1-21-11-4-2-3-9(5-11)10-7-15-14-16-12(6-13(19)20)17-18(14)8-10/h2-5,7-8H,6H2,1H3,(H,19,20). The van der Waals surface area contributed by atoms with Crippen LogP contribution in [0, 0.1) is 0 Å². The van der Waals surface area contributed by atoms with E-state index in [1.54, 1.807) is 19.5 Å². The van der Waals surface area contributed by atoms with Crippen LogP contribution in [0.25, 0.3) is 16.9 Å². The highest BCUT2D eigenvalue weighted by Crippen LogP contribution is 2.23. The number of hydrogen-bond donors (Lipinski definition) is 1. The number of ether oxygens (including phenoxy) is 1. The summed E-state index contributed by atoms with van der Waals surface area (Å²) in [6.07, 6.45) is 3.21. The smallest absolute Gasteiger partial charge is 0.311 e. The Morgan fingerprint density at radius 1 is 1.38 bits per heavy atom. The first kappa shape index (κ1) is 13.0. The molecule has 7 nitrogen and oxygen atoms in total. The van der Waals surface area contributed by atoms with Crippen molar-refractivity contribution in [3.8, 4) is 16.9 Å². The van der Waals surface area contributed by atoms with Gasteiger partial charge in [0, 0.05) is 18.0 Å². The van der Waals surface area contributed by atoms with Crippen LogP contribution in [-0.4, -0.2) is 37.8 Å². The number of carboxylic acids is 1. The third-order valence-electron chi connectivity index (χ3n) is 2.95. The molecule has 0 radical (unpaired) electrons. The Kier molecular flexibility index (Phi) is 3.23. The Balaban J connectivity index is 2.01. The molecule has 0 aliphatic carbocycles. The van der Waals surface area contributed by atoms with Crippen LogP contribution in [0.4, 0.5) is 0 Å². The van der Waals surface area contributed by atoms with Crippen molar-refractivity contribution in [1.29, 1.82) is 0 Å². The fourth-order valence-electron chi connectivity index (χ4n) is 1.99. The first-order valence-electron chi connectivity index (χ1n) is 6.23. The Morgan fingerprint density at radius 3 is 3.00 bits per heavy atom. The van der Waals surface area contributed by atoms with Crippen LogP contribution in [0.1, 0.15) is 5.82 Å². The molecule has 7 heteroatoms. The normalized spacial score (nSPS) is 10.7. The highest BCUT2D eigenvalue weighted by molar-refractivity contribution is 5.69. The maximum absolute atomic E-state index is 10.7. The van der Waals surface area contributed by atoms with Crippen LogP contribution < -0.4 is 4.74 Å². The van der Waals surface area contributed by atoms with Crippen LogP contribution in [0.3, 0.4) is 0 Å². The van der Waals surface area contributed by atoms with Gasteiger partial charge in [0.05, 0.1) is 7.11 Å². The van der Waals surface area contributed by atoms with Crippen molar-refractivity contribution in [2.24, 2.45) is 0 Å². The summed E-state index contributed by atoms with van der Waals surface area (Å²) in [7, 11) is 1.61. The van der Waals surface area contributed by atoms with Gasteiger partial charge in [-0.1, -0.05) is 12.1 Å². The van der Waals surface area contributed by atoms with Gasteiger partial charge in [0.2, 0.25) is 0 Å². The SMILES string of the molecule is COc1cccc(-c2cnc3nc(CC(=O)O)nn3c2)c1. The van der Waals surface area contributed by atoms with Gasteiger partial charge >= 0.3 is 5.97 Å². The Hall–Kier alpha value is -2.96. The summed E-state index contributed by atoms with van der Waals surface area (Å²) in [5.74, 6) is 0.382. The molecule has 0 amide bonds. The predicted molar refractivity (Wildman–Crippen MR) is 74.1 cm³/mol. The van der Waals surface area contributed by atoms with Crippen molar-refractivity contribution >= 4 is 11.7 Å². The maximum Gasteiger partial charge on any atom is 0.311 e. The summed E-state index contributed by atoms with van der Waals surface area (Å²) in [5, 5.41) is 12.9. The second kappa shape index (κ2) is 5.20. The molecule has 0 saturated heterocycles. The van der Waals surface area contributed by atoms with Gasteiger partial charge in [-0.2, -0.15) is 4.98 Å². The van der Waals surface area contributed by atoms with E-state index in [1.165, 1.54) is 4.52 Å². The third kappa shape index (κ3) is 2.66. The number of carboxylic acid groups (broad SMARTS) is 1. The average Bonchev–Trinajstić information content (AvgIpc) is 2.87. The van der Waals surface area contributed by atoms with Gasteiger partial charge in [0.15, 0.2) is 5.82 Å². The van der Waals surface area contributed by atoms with E-state index in [1.807, 2.05) is 24.3 Å². The molecule has 1 aromatic carbocycles. The highest BCUT2D eigenvalue weighted by Gasteiger charge is 2.10. The van der Waals surface area contributed by atoms with E-state index in [0.717, 1.165) is 16.9 Å². The van der Waals surface area contributed by atoms with Gasteiger partial charge in [-0.15, -0.1) is 5.10 Å². The van der Waals surface area contributed by atoms with Crippen molar-refractivity contribution in [2.45, 2.75) is 6.42 Å². The van der Waals surface area contributed by atoms with Crippen molar-refractivity contribution in [2.75, 3.05) is 7.11 Å². The Labute approximate surface area is 119 Å². The van der Waals surface area contributed by atoms with Crippen LogP contribution in [0.2, 0.25) is 0 Å². The summed E-state index contributed by atoms with van der Waals surface area (Å²) in [4.78, 5) is 18.9. The maximum atomic E-state index is 10.7. The van der Waals surface area contributed by atoms with E-state index in [4.69, 9.17) is 9.84 Å². The molecule has 0 fully saturated rings. The zero-order chi connectivity index (χ0) is 14.8. The van der Waals surface area contributed by atoms with Crippen molar-refractivity contribution < 1.29 is 14.6 Å². The number of rotatable bonds is 4. The number of methoxy groups -OCH3 is 1. The minimum absolute atomic E-state index is 0.224. The largest absolute Gasteiger partial charge is 0.497 e. The summed E-state index contributed by atoms with van der Waals surface area (Å²) >= 11 is 0. The van der Waals surface area contributed by atoms with E-state index in [9.17, 15) is 4.79 Å². The number of hydrogen-bond acceptors (Lipinski definition) is 5. The number of aliphatic carboxylic acids is 1. The number of carbonyl (C=O) groups is 1. The molecule has 2 heterocycles.